The van der Waals surface area contributed by atoms with Gasteiger partial charge in [-0.1, -0.05) is 13.0 Å². The zero-order chi connectivity index (χ0) is 21.9. The highest BCUT2D eigenvalue weighted by molar-refractivity contribution is 7.91. The Morgan fingerprint density at radius 2 is 1.90 bits per heavy atom. The van der Waals surface area contributed by atoms with Crippen molar-refractivity contribution in [3.8, 4) is 5.75 Å². The van der Waals surface area contributed by atoms with E-state index in [0.29, 0.717) is 12.2 Å². The minimum Gasteiger partial charge on any atom is -0.449 e. The Morgan fingerprint density at radius 1 is 1.23 bits per heavy atom. The van der Waals surface area contributed by atoms with Crippen LogP contribution in [0.15, 0.2) is 18.2 Å². The molecule has 1 aromatic carbocycles. The Bertz CT molecular complexity index is 883. The van der Waals surface area contributed by atoms with E-state index < -0.39 is 21.8 Å². The van der Waals surface area contributed by atoms with E-state index in [1.807, 2.05) is 25.1 Å². The smallest absolute Gasteiger partial charge is 0.409 e. The standard InChI is InChI=1S/C21H30N2O6S/c1-4-22(5-2)16-6-7-17-15(3)18(20(24)29-19(17)14-16)8-11-28-21(25)23-9-12-30(26,27)13-10-23/h6-7,14-15,18H,4-5,8-13H2,1-3H3. The Hall–Kier alpha value is -2.29. The van der Waals surface area contributed by atoms with Crippen LogP contribution in [0.1, 0.15) is 38.7 Å². The van der Waals surface area contributed by atoms with E-state index in [0.717, 1.165) is 24.3 Å². The molecular formula is C21H30N2O6S. The highest BCUT2D eigenvalue weighted by atomic mass is 32.2. The number of amides is 1. The van der Waals surface area contributed by atoms with Gasteiger partial charge < -0.3 is 19.3 Å². The number of carbonyl (C=O) groups is 2. The van der Waals surface area contributed by atoms with Crippen molar-refractivity contribution < 1.29 is 27.5 Å². The molecule has 2 atom stereocenters. The molecular weight excluding hydrogens is 408 g/mol. The van der Waals surface area contributed by atoms with Gasteiger partial charge in [-0.2, -0.15) is 0 Å². The number of ether oxygens (including phenoxy) is 2. The highest BCUT2D eigenvalue weighted by Crippen LogP contribution is 2.40. The van der Waals surface area contributed by atoms with Crippen LogP contribution in [0.2, 0.25) is 0 Å². The van der Waals surface area contributed by atoms with Crippen LogP contribution < -0.4 is 9.64 Å². The summed E-state index contributed by atoms with van der Waals surface area (Å²) in [4.78, 5) is 28.3. The number of benzene rings is 1. The molecule has 0 aliphatic carbocycles. The van der Waals surface area contributed by atoms with Crippen LogP contribution in [0.25, 0.3) is 0 Å². The molecule has 30 heavy (non-hydrogen) atoms. The lowest BCUT2D eigenvalue weighted by Crippen LogP contribution is -2.44. The molecule has 0 bridgehead atoms. The van der Waals surface area contributed by atoms with Gasteiger partial charge in [-0.25, -0.2) is 13.2 Å². The number of sulfone groups is 1. The lowest BCUT2D eigenvalue weighted by Gasteiger charge is -2.31. The summed E-state index contributed by atoms with van der Waals surface area (Å²) in [5, 5.41) is 0. The fourth-order valence-electron chi connectivity index (χ4n) is 4.01. The summed E-state index contributed by atoms with van der Waals surface area (Å²) in [5.74, 6) is -0.246. The van der Waals surface area contributed by atoms with Gasteiger partial charge in [0.25, 0.3) is 0 Å². The van der Waals surface area contributed by atoms with Crippen molar-refractivity contribution >= 4 is 27.6 Å². The van der Waals surface area contributed by atoms with Gasteiger partial charge in [-0.3, -0.25) is 4.79 Å². The molecule has 2 unspecified atom stereocenters. The third kappa shape index (κ3) is 4.88. The summed E-state index contributed by atoms with van der Waals surface area (Å²) in [7, 11) is -3.06. The first-order chi connectivity index (χ1) is 14.3. The molecule has 2 heterocycles. The van der Waals surface area contributed by atoms with Gasteiger partial charge >= 0.3 is 12.1 Å². The van der Waals surface area contributed by atoms with Gasteiger partial charge in [0.15, 0.2) is 9.84 Å². The summed E-state index contributed by atoms with van der Waals surface area (Å²) in [6.07, 6.45) is -0.180. The largest absolute Gasteiger partial charge is 0.449 e. The SMILES string of the molecule is CCN(CC)c1ccc2c(c1)OC(=O)C(CCOC(=O)N1CCS(=O)(=O)CC1)C2C. The van der Waals surface area contributed by atoms with Crippen molar-refractivity contribution in [2.45, 2.75) is 33.1 Å². The fraction of sp³-hybridized carbons (Fsp3) is 0.619. The molecule has 0 radical (unpaired) electrons. The molecule has 8 nitrogen and oxygen atoms in total. The third-order valence-corrected chi connectivity index (χ3v) is 7.60. The second-order valence-electron chi connectivity index (χ2n) is 7.75. The van der Waals surface area contributed by atoms with Crippen LogP contribution in [0, 0.1) is 5.92 Å². The molecule has 166 valence electrons. The van der Waals surface area contributed by atoms with Crippen LogP contribution in [0.5, 0.6) is 5.75 Å². The maximum atomic E-state index is 12.6. The van der Waals surface area contributed by atoms with Crippen molar-refractivity contribution in [3.05, 3.63) is 23.8 Å². The molecule has 2 aliphatic heterocycles. The molecule has 0 spiro atoms. The number of nitrogens with zero attached hydrogens (tertiary/aromatic N) is 2. The van der Waals surface area contributed by atoms with E-state index in [1.165, 1.54) is 4.90 Å². The van der Waals surface area contributed by atoms with Crippen molar-refractivity contribution in [1.29, 1.82) is 0 Å². The summed E-state index contributed by atoms with van der Waals surface area (Å²) in [6.45, 7) is 8.26. The van der Waals surface area contributed by atoms with Gasteiger partial charge in [-0.05, 0) is 37.8 Å². The summed E-state index contributed by atoms with van der Waals surface area (Å²) >= 11 is 0. The predicted octanol–water partition coefficient (Wildman–Crippen LogP) is 2.43. The number of fused-ring (bicyclic) bond motifs is 1. The Balaban J connectivity index is 1.58. The number of carbonyl (C=O) groups excluding carboxylic acids is 2. The topological polar surface area (TPSA) is 93.2 Å². The minimum absolute atomic E-state index is 0.0413. The molecule has 0 saturated carbocycles. The zero-order valence-electron chi connectivity index (χ0n) is 17.8. The first-order valence-electron chi connectivity index (χ1n) is 10.5. The number of hydrogen-bond donors (Lipinski definition) is 0. The van der Waals surface area contributed by atoms with E-state index >= 15 is 0 Å². The first kappa shape index (κ1) is 22.4. The van der Waals surface area contributed by atoms with Crippen LogP contribution in [-0.4, -0.2) is 69.7 Å². The molecule has 0 aromatic heterocycles. The quantitative estimate of drug-likeness (QED) is 0.497. The second-order valence-corrected chi connectivity index (χ2v) is 10.1. The van der Waals surface area contributed by atoms with Gasteiger partial charge in [0, 0.05) is 37.9 Å². The Morgan fingerprint density at radius 3 is 2.53 bits per heavy atom. The van der Waals surface area contributed by atoms with E-state index in [1.54, 1.807) is 0 Å². The van der Waals surface area contributed by atoms with Crippen molar-refractivity contribution in [2.24, 2.45) is 5.92 Å². The molecule has 1 saturated heterocycles. The second kappa shape index (κ2) is 9.24. The minimum atomic E-state index is -3.06. The van der Waals surface area contributed by atoms with Gasteiger partial charge in [-0.15, -0.1) is 0 Å². The number of hydrogen-bond acceptors (Lipinski definition) is 7. The lowest BCUT2D eigenvalue weighted by atomic mass is 9.83. The first-order valence-corrected chi connectivity index (χ1v) is 12.3. The monoisotopic (exact) mass is 438 g/mol. The van der Waals surface area contributed by atoms with Crippen LogP contribution in [0.3, 0.4) is 0 Å². The fourth-order valence-corrected chi connectivity index (χ4v) is 5.21. The van der Waals surface area contributed by atoms with Crippen molar-refractivity contribution in [3.63, 3.8) is 0 Å². The average molecular weight is 439 g/mol. The summed E-state index contributed by atoms with van der Waals surface area (Å²) in [6, 6.07) is 5.97. The summed E-state index contributed by atoms with van der Waals surface area (Å²) < 4.78 is 33.8. The number of esters is 1. The van der Waals surface area contributed by atoms with Gasteiger partial charge in [0.2, 0.25) is 0 Å². The lowest BCUT2D eigenvalue weighted by molar-refractivity contribution is -0.141. The average Bonchev–Trinajstić information content (AvgIpc) is 2.71. The molecule has 9 heteroatoms. The van der Waals surface area contributed by atoms with E-state index in [-0.39, 0.29) is 43.1 Å². The number of anilines is 1. The van der Waals surface area contributed by atoms with Crippen molar-refractivity contribution in [2.75, 3.05) is 49.2 Å². The normalized spacial score (nSPS) is 22.8. The molecule has 2 aliphatic rings. The Labute approximate surface area is 178 Å². The number of rotatable bonds is 6. The maximum Gasteiger partial charge on any atom is 0.409 e. The molecule has 1 amide bonds. The molecule has 0 N–H and O–H groups in total. The van der Waals surface area contributed by atoms with Crippen LogP contribution >= 0.6 is 0 Å². The third-order valence-electron chi connectivity index (χ3n) is 5.99. The van der Waals surface area contributed by atoms with E-state index in [4.69, 9.17) is 9.47 Å². The summed E-state index contributed by atoms with van der Waals surface area (Å²) in [5.41, 5.74) is 2.00. The maximum absolute atomic E-state index is 12.6. The zero-order valence-corrected chi connectivity index (χ0v) is 18.6. The van der Waals surface area contributed by atoms with E-state index in [9.17, 15) is 18.0 Å². The van der Waals surface area contributed by atoms with Crippen molar-refractivity contribution in [1.82, 2.24) is 4.90 Å². The van der Waals surface area contributed by atoms with Gasteiger partial charge in [0.1, 0.15) is 5.75 Å². The Kier molecular flexibility index (Phi) is 6.90. The van der Waals surface area contributed by atoms with Gasteiger partial charge in [0.05, 0.1) is 24.0 Å². The molecule has 1 fully saturated rings. The van der Waals surface area contributed by atoms with Crippen LogP contribution in [0.4, 0.5) is 10.5 Å². The molecule has 3 rings (SSSR count). The van der Waals surface area contributed by atoms with E-state index in [2.05, 4.69) is 18.7 Å². The highest BCUT2D eigenvalue weighted by Gasteiger charge is 2.35. The molecule has 1 aromatic rings. The van der Waals surface area contributed by atoms with Crippen LogP contribution in [-0.2, 0) is 19.4 Å². The predicted molar refractivity (Wildman–Crippen MR) is 114 cm³/mol.